The summed E-state index contributed by atoms with van der Waals surface area (Å²) < 4.78 is 10.2. The third-order valence-electron chi connectivity index (χ3n) is 3.94. The van der Waals surface area contributed by atoms with E-state index in [1.54, 1.807) is 18.2 Å². The maximum absolute atomic E-state index is 12.6. The van der Waals surface area contributed by atoms with Crippen LogP contribution in [0, 0.1) is 0 Å². The smallest absolute Gasteiger partial charge is 0.351 e. The molecule has 1 atom stereocenters. The molecule has 0 aliphatic heterocycles. The number of ether oxygens (including phenoxy) is 2. The van der Waals surface area contributed by atoms with E-state index in [0.29, 0.717) is 5.56 Å². The monoisotopic (exact) mass is 346 g/mol. The normalized spacial score (nSPS) is 12.0. The minimum absolute atomic E-state index is 0.408. The number of hydrogen-bond donors (Lipinski definition) is 0. The highest BCUT2D eigenvalue weighted by atomic mass is 16.6. The topological polar surface area (TPSA) is 52.6 Å². The van der Waals surface area contributed by atoms with Gasteiger partial charge in [-0.15, -0.1) is 0 Å². The predicted octanol–water partition coefficient (Wildman–Crippen LogP) is 4.25. The summed E-state index contributed by atoms with van der Waals surface area (Å²) in [7, 11) is 1.26. The fourth-order valence-corrected chi connectivity index (χ4v) is 2.63. The number of carbonyl (C=O) groups is 2. The molecule has 3 aromatic carbocycles. The molecule has 3 rings (SSSR count). The van der Waals surface area contributed by atoms with Gasteiger partial charge in [0.15, 0.2) is 0 Å². The first kappa shape index (κ1) is 17.4. The van der Waals surface area contributed by atoms with Crippen molar-refractivity contribution in [2.45, 2.75) is 6.10 Å². The lowest BCUT2D eigenvalue weighted by Gasteiger charge is -2.13. The number of rotatable bonds is 5. The Bertz CT molecular complexity index is 939. The standard InChI is InChI=1S/C22H18O4/c1-25-22(24)20(15-14-16-8-3-2-4-9-16)26-21(23)19-13-7-11-17-10-5-6-12-18(17)19/h2-15,20H,1H3/b15-14+/t20-/m1/s1. The molecule has 130 valence electrons. The lowest BCUT2D eigenvalue weighted by Crippen LogP contribution is -2.26. The second-order valence-corrected chi connectivity index (χ2v) is 5.65. The largest absolute Gasteiger partial charge is 0.466 e. The van der Waals surface area contributed by atoms with Crippen LogP contribution in [0.2, 0.25) is 0 Å². The molecule has 3 aromatic rings. The van der Waals surface area contributed by atoms with Crippen LogP contribution in [0.3, 0.4) is 0 Å². The zero-order valence-corrected chi connectivity index (χ0v) is 14.3. The molecule has 0 aliphatic carbocycles. The van der Waals surface area contributed by atoms with E-state index in [-0.39, 0.29) is 0 Å². The summed E-state index contributed by atoms with van der Waals surface area (Å²) in [6.45, 7) is 0. The van der Waals surface area contributed by atoms with E-state index in [0.717, 1.165) is 16.3 Å². The summed E-state index contributed by atoms with van der Waals surface area (Å²) in [5.41, 5.74) is 1.30. The molecule has 0 radical (unpaired) electrons. The van der Waals surface area contributed by atoms with Gasteiger partial charge in [-0.3, -0.25) is 0 Å². The molecule has 0 aromatic heterocycles. The van der Waals surface area contributed by atoms with E-state index in [9.17, 15) is 9.59 Å². The van der Waals surface area contributed by atoms with Crippen LogP contribution in [0.25, 0.3) is 16.8 Å². The first-order valence-corrected chi connectivity index (χ1v) is 8.19. The van der Waals surface area contributed by atoms with Crippen molar-refractivity contribution in [3.05, 3.63) is 90.0 Å². The van der Waals surface area contributed by atoms with Crippen LogP contribution in [-0.2, 0) is 14.3 Å². The second kappa shape index (κ2) is 8.12. The summed E-state index contributed by atoms with van der Waals surface area (Å²) in [4.78, 5) is 24.6. The van der Waals surface area contributed by atoms with Crippen molar-refractivity contribution in [1.82, 2.24) is 0 Å². The Kier molecular flexibility index (Phi) is 5.44. The van der Waals surface area contributed by atoms with Gasteiger partial charge in [-0.2, -0.15) is 0 Å². The fraction of sp³-hybridized carbons (Fsp3) is 0.0909. The van der Waals surface area contributed by atoms with Gasteiger partial charge in [-0.25, -0.2) is 9.59 Å². The van der Waals surface area contributed by atoms with Crippen LogP contribution >= 0.6 is 0 Å². The zero-order valence-electron chi connectivity index (χ0n) is 14.3. The van der Waals surface area contributed by atoms with E-state index in [2.05, 4.69) is 0 Å². The molecule has 0 fully saturated rings. The van der Waals surface area contributed by atoms with Crippen molar-refractivity contribution in [2.75, 3.05) is 7.11 Å². The molecule has 0 aliphatic rings. The number of hydrogen-bond acceptors (Lipinski definition) is 4. The second-order valence-electron chi connectivity index (χ2n) is 5.65. The maximum Gasteiger partial charge on any atom is 0.351 e. The van der Waals surface area contributed by atoms with E-state index in [1.807, 2.05) is 60.7 Å². The quantitative estimate of drug-likeness (QED) is 0.648. The van der Waals surface area contributed by atoms with Crippen molar-refractivity contribution in [2.24, 2.45) is 0 Å². The maximum atomic E-state index is 12.6. The number of benzene rings is 3. The van der Waals surface area contributed by atoms with Crippen molar-refractivity contribution in [3.8, 4) is 0 Å². The Morgan fingerprint density at radius 3 is 2.35 bits per heavy atom. The molecule has 4 nitrogen and oxygen atoms in total. The SMILES string of the molecule is COC(=O)[C@@H](/C=C/c1ccccc1)OC(=O)c1cccc2ccccc12. The average molecular weight is 346 g/mol. The first-order valence-electron chi connectivity index (χ1n) is 8.19. The van der Waals surface area contributed by atoms with Crippen LogP contribution in [0.1, 0.15) is 15.9 Å². The molecule has 0 amide bonds. The molecule has 0 unspecified atom stereocenters. The molecule has 0 bridgehead atoms. The number of carbonyl (C=O) groups excluding carboxylic acids is 2. The van der Waals surface area contributed by atoms with Crippen molar-refractivity contribution < 1.29 is 19.1 Å². The highest BCUT2D eigenvalue weighted by molar-refractivity contribution is 6.05. The van der Waals surface area contributed by atoms with E-state index in [1.165, 1.54) is 13.2 Å². The number of methoxy groups -OCH3 is 1. The van der Waals surface area contributed by atoms with Gasteiger partial charge in [-0.05, 0) is 28.5 Å². The van der Waals surface area contributed by atoms with Crippen LogP contribution in [0.5, 0.6) is 0 Å². The lowest BCUT2D eigenvalue weighted by atomic mass is 10.0. The Hall–Kier alpha value is -3.40. The molecular formula is C22H18O4. The number of fused-ring (bicyclic) bond motifs is 1. The fourth-order valence-electron chi connectivity index (χ4n) is 2.63. The Morgan fingerprint density at radius 2 is 1.58 bits per heavy atom. The zero-order chi connectivity index (χ0) is 18.4. The minimum atomic E-state index is -1.12. The highest BCUT2D eigenvalue weighted by Gasteiger charge is 2.22. The average Bonchev–Trinajstić information content (AvgIpc) is 2.70. The first-order chi connectivity index (χ1) is 12.7. The van der Waals surface area contributed by atoms with Gasteiger partial charge in [0.1, 0.15) is 0 Å². The Balaban J connectivity index is 1.85. The lowest BCUT2D eigenvalue weighted by molar-refractivity contribution is -0.148. The van der Waals surface area contributed by atoms with Crippen molar-refractivity contribution in [1.29, 1.82) is 0 Å². The van der Waals surface area contributed by atoms with E-state index < -0.39 is 18.0 Å². The third-order valence-corrected chi connectivity index (χ3v) is 3.94. The molecule has 4 heteroatoms. The van der Waals surface area contributed by atoms with Crippen LogP contribution in [-0.4, -0.2) is 25.2 Å². The van der Waals surface area contributed by atoms with Crippen LogP contribution in [0.15, 0.2) is 78.9 Å². The Labute approximate surface area is 151 Å². The van der Waals surface area contributed by atoms with Gasteiger partial charge in [0.05, 0.1) is 12.7 Å². The summed E-state index contributed by atoms with van der Waals surface area (Å²) in [6, 6.07) is 22.3. The molecule has 0 saturated heterocycles. The van der Waals surface area contributed by atoms with Gasteiger partial charge in [-0.1, -0.05) is 72.8 Å². The van der Waals surface area contributed by atoms with Gasteiger partial charge in [0.2, 0.25) is 6.10 Å². The number of esters is 2. The van der Waals surface area contributed by atoms with Gasteiger partial charge < -0.3 is 9.47 Å². The van der Waals surface area contributed by atoms with Crippen molar-refractivity contribution >= 4 is 28.8 Å². The van der Waals surface area contributed by atoms with Crippen molar-refractivity contribution in [3.63, 3.8) is 0 Å². The molecule has 0 saturated carbocycles. The van der Waals surface area contributed by atoms with E-state index >= 15 is 0 Å². The molecular weight excluding hydrogens is 328 g/mol. The highest BCUT2D eigenvalue weighted by Crippen LogP contribution is 2.20. The summed E-state index contributed by atoms with van der Waals surface area (Å²) in [6.07, 6.45) is 2.12. The van der Waals surface area contributed by atoms with Gasteiger partial charge >= 0.3 is 11.9 Å². The van der Waals surface area contributed by atoms with Gasteiger partial charge in [0, 0.05) is 0 Å². The minimum Gasteiger partial charge on any atom is -0.466 e. The van der Waals surface area contributed by atoms with Crippen LogP contribution < -0.4 is 0 Å². The van der Waals surface area contributed by atoms with Crippen LogP contribution in [0.4, 0.5) is 0 Å². The summed E-state index contributed by atoms with van der Waals surface area (Å²) in [5, 5.41) is 1.70. The summed E-state index contributed by atoms with van der Waals surface area (Å²) in [5.74, 6) is -1.21. The predicted molar refractivity (Wildman–Crippen MR) is 101 cm³/mol. The van der Waals surface area contributed by atoms with E-state index in [4.69, 9.17) is 9.47 Å². The third kappa shape index (κ3) is 3.98. The molecule has 0 heterocycles. The molecule has 0 spiro atoms. The molecule has 0 N–H and O–H groups in total. The summed E-state index contributed by atoms with van der Waals surface area (Å²) >= 11 is 0. The molecule has 26 heavy (non-hydrogen) atoms. The Morgan fingerprint density at radius 1 is 0.885 bits per heavy atom. The van der Waals surface area contributed by atoms with Gasteiger partial charge in [0.25, 0.3) is 0 Å².